The van der Waals surface area contributed by atoms with Crippen LogP contribution >= 0.6 is 0 Å². The van der Waals surface area contributed by atoms with Gasteiger partial charge in [-0.2, -0.15) is 18.3 Å². The second kappa shape index (κ2) is 8.70. The van der Waals surface area contributed by atoms with Gasteiger partial charge in [-0.1, -0.05) is 48.0 Å². The Labute approximate surface area is 196 Å². The number of aromatic nitrogens is 2. The van der Waals surface area contributed by atoms with E-state index in [-0.39, 0.29) is 23.8 Å². The van der Waals surface area contributed by atoms with E-state index in [1.165, 1.54) is 6.07 Å². The first-order chi connectivity index (χ1) is 16.3. The lowest BCUT2D eigenvalue weighted by atomic mass is 9.96. The summed E-state index contributed by atoms with van der Waals surface area (Å²) in [6.07, 6.45) is -4.67. The molecule has 0 radical (unpaired) electrons. The maximum Gasteiger partial charge on any atom is 0.410 e. The summed E-state index contributed by atoms with van der Waals surface area (Å²) in [5, 5.41) is 7.29. The molecule has 0 saturated carbocycles. The summed E-state index contributed by atoms with van der Waals surface area (Å²) < 4.78 is 42.8. The maximum absolute atomic E-state index is 14.0. The van der Waals surface area contributed by atoms with Crippen molar-refractivity contribution in [3.05, 3.63) is 77.5 Å². The molecule has 0 aliphatic carbocycles. The second-order valence-corrected chi connectivity index (χ2v) is 8.87. The molecule has 1 fully saturated rings. The number of carbonyl (C=O) groups excluding carboxylic acids is 1. The van der Waals surface area contributed by atoms with Crippen molar-refractivity contribution in [3.8, 4) is 0 Å². The summed E-state index contributed by atoms with van der Waals surface area (Å²) in [6.45, 7) is 4.21. The zero-order chi connectivity index (χ0) is 23.9. The summed E-state index contributed by atoms with van der Waals surface area (Å²) in [6, 6.07) is 16.5. The molecule has 0 unspecified atom stereocenters. The van der Waals surface area contributed by atoms with Crippen LogP contribution in [0.4, 0.5) is 24.7 Å². The van der Waals surface area contributed by atoms with Gasteiger partial charge in [0.15, 0.2) is 11.7 Å². The molecule has 3 heterocycles. The zero-order valence-electron chi connectivity index (χ0n) is 18.8. The SMILES string of the molecule is Cc1ccc([C@H]2C[C@@H](C(F)(F)F)n3nc(C(=O)N4CCN(c5ccccc5)CC4)cc3N2)cc1. The molecule has 2 aliphatic rings. The van der Waals surface area contributed by atoms with Gasteiger partial charge in [-0.15, -0.1) is 0 Å². The van der Waals surface area contributed by atoms with Gasteiger partial charge in [0.05, 0.1) is 6.04 Å². The van der Waals surface area contributed by atoms with Gasteiger partial charge in [0, 0.05) is 44.4 Å². The Morgan fingerprint density at radius 1 is 1.00 bits per heavy atom. The van der Waals surface area contributed by atoms with E-state index in [4.69, 9.17) is 0 Å². The minimum absolute atomic E-state index is 0.0365. The standard InChI is InChI=1S/C25H26F3N5O/c1-17-7-9-18(10-8-17)20-15-22(25(26,27)28)33-23(29-20)16-21(30-33)24(34)32-13-11-31(12-14-32)19-5-3-2-4-6-19/h2-10,16,20,22,29H,11-15H2,1H3/t20-,22+/m1/s1. The van der Waals surface area contributed by atoms with Crippen LogP contribution in [-0.2, 0) is 0 Å². The third-order valence-electron chi connectivity index (χ3n) is 6.58. The van der Waals surface area contributed by atoms with Crippen LogP contribution < -0.4 is 10.2 Å². The molecule has 0 spiro atoms. The number of piperazine rings is 1. The van der Waals surface area contributed by atoms with Crippen LogP contribution in [0.25, 0.3) is 0 Å². The molecule has 1 amide bonds. The fourth-order valence-electron chi connectivity index (χ4n) is 4.66. The van der Waals surface area contributed by atoms with Crippen LogP contribution in [-0.4, -0.2) is 52.9 Å². The van der Waals surface area contributed by atoms with E-state index in [0.717, 1.165) is 21.5 Å². The third-order valence-corrected chi connectivity index (χ3v) is 6.58. The topological polar surface area (TPSA) is 53.4 Å². The number of hydrogen-bond donors (Lipinski definition) is 1. The monoisotopic (exact) mass is 469 g/mol. The lowest BCUT2D eigenvalue weighted by Crippen LogP contribution is -2.49. The summed E-state index contributed by atoms with van der Waals surface area (Å²) in [4.78, 5) is 17.0. The zero-order valence-corrected chi connectivity index (χ0v) is 18.8. The van der Waals surface area contributed by atoms with E-state index in [1.54, 1.807) is 4.90 Å². The van der Waals surface area contributed by atoms with Crippen molar-refractivity contribution in [2.24, 2.45) is 0 Å². The highest BCUT2D eigenvalue weighted by atomic mass is 19.4. The number of amides is 1. The van der Waals surface area contributed by atoms with Crippen LogP contribution in [0.1, 0.15) is 40.1 Å². The third kappa shape index (κ3) is 4.34. The number of rotatable bonds is 3. The quantitative estimate of drug-likeness (QED) is 0.598. The first-order valence-corrected chi connectivity index (χ1v) is 11.4. The van der Waals surface area contributed by atoms with E-state index < -0.39 is 18.3 Å². The number of nitrogens with zero attached hydrogens (tertiary/aromatic N) is 4. The van der Waals surface area contributed by atoms with Gasteiger partial charge in [-0.25, -0.2) is 4.68 Å². The Kier molecular flexibility index (Phi) is 5.71. The number of aryl methyl sites for hydroxylation is 1. The minimum Gasteiger partial charge on any atom is -0.368 e. The van der Waals surface area contributed by atoms with Gasteiger partial charge in [0.2, 0.25) is 0 Å². The van der Waals surface area contributed by atoms with Crippen molar-refractivity contribution in [2.45, 2.75) is 31.6 Å². The average molecular weight is 470 g/mol. The molecule has 1 saturated heterocycles. The smallest absolute Gasteiger partial charge is 0.368 e. The molecule has 2 aromatic carbocycles. The molecule has 6 nitrogen and oxygen atoms in total. The van der Waals surface area contributed by atoms with E-state index in [2.05, 4.69) is 15.3 Å². The highest BCUT2D eigenvalue weighted by Crippen LogP contribution is 2.43. The summed E-state index contributed by atoms with van der Waals surface area (Å²) >= 11 is 0. The van der Waals surface area contributed by atoms with Crippen molar-refractivity contribution in [2.75, 3.05) is 36.4 Å². The van der Waals surface area contributed by atoms with Gasteiger partial charge in [-0.3, -0.25) is 4.79 Å². The molecule has 2 aliphatic heterocycles. The van der Waals surface area contributed by atoms with E-state index >= 15 is 0 Å². The molecule has 0 bridgehead atoms. The number of para-hydroxylation sites is 1. The number of anilines is 2. The van der Waals surface area contributed by atoms with Crippen LogP contribution in [0.15, 0.2) is 60.7 Å². The summed E-state index contributed by atoms with van der Waals surface area (Å²) in [5.74, 6) is -0.130. The number of halogens is 3. The molecule has 1 aromatic heterocycles. The Hall–Kier alpha value is -3.49. The lowest BCUT2D eigenvalue weighted by molar-refractivity contribution is -0.173. The molecule has 178 valence electrons. The molecule has 5 rings (SSSR count). The fraction of sp³-hybridized carbons (Fsp3) is 0.360. The number of hydrogen-bond acceptors (Lipinski definition) is 4. The van der Waals surface area contributed by atoms with Gasteiger partial charge in [-0.05, 0) is 24.6 Å². The van der Waals surface area contributed by atoms with Crippen LogP contribution in [0.5, 0.6) is 0 Å². The summed E-state index contributed by atoms with van der Waals surface area (Å²) in [5.41, 5.74) is 2.94. The van der Waals surface area contributed by atoms with Gasteiger partial charge >= 0.3 is 6.18 Å². The highest BCUT2D eigenvalue weighted by Gasteiger charge is 2.47. The number of carbonyl (C=O) groups is 1. The number of alkyl halides is 3. The lowest BCUT2D eigenvalue weighted by Gasteiger charge is -2.35. The largest absolute Gasteiger partial charge is 0.410 e. The molecule has 34 heavy (non-hydrogen) atoms. The van der Waals surface area contributed by atoms with Gasteiger partial charge < -0.3 is 15.1 Å². The van der Waals surface area contributed by atoms with Crippen molar-refractivity contribution in [1.82, 2.24) is 14.7 Å². The molecule has 1 N–H and O–H groups in total. The summed E-state index contributed by atoms with van der Waals surface area (Å²) in [7, 11) is 0. The van der Waals surface area contributed by atoms with E-state index in [0.29, 0.717) is 26.2 Å². The van der Waals surface area contributed by atoms with Crippen LogP contribution in [0, 0.1) is 6.92 Å². The Bertz CT molecular complexity index is 1150. The second-order valence-electron chi connectivity index (χ2n) is 8.87. The van der Waals surface area contributed by atoms with Crippen LogP contribution in [0.2, 0.25) is 0 Å². The van der Waals surface area contributed by atoms with Gasteiger partial charge in [0.25, 0.3) is 5.91 Å². The molecule has 3 aromatic rings. The number of fused-ring (bicyclic) bond motifs is 1. The molecule has 9 heteroatoms. The highest BCUT2D eigenvalue weighted by molar-refractivity contribution is 5.93. The van der Waals surface area contributed by atoms with E-state index in [9.17, 15) is 18.0 Å². The molecule has 2 atom stereocenters. The maximum atomic E-state index is 14.0. The first kappa shape index (κ1) is 22.3. The minimum atomic E-state index is -4.48. The number of nitrogens with one attached hydrogen (secondary N) is 1. The van der Waals surface area contributed by atoms with Crippen molar-refractivity contribution in [1.29, 1.82) is 0 Å². The van der Waals surface area contributed by atoms with Crippen molar-refractivity contribution < 1.29 is 18.0 Å². The Balaban J connectivity index is 1.35. The number of benzene rings is 2. The van der Waals surface area contributed by atoms with E-state index in [1.807, 2.05) is 61.5 Å². The predicted molar refractivity (Wildman–Crippen MR) is 124 cm³/mol. The van der Waals surface area contributed by atoms with Crippen molar-refractivity contribution in [3.63, 3.8) is 0 Å². The predicted octanol–water partition coefficient (Wildman–Crippen LogP) is 4.81. The Morgan fingerprint density at radius 3 is 2.32 bits per heavy atom. The Morgan fingerprint density at radius 2 is 1.68 bits per heavy atom. The van der Waals surface area contributed by atoms with Crippen LogP contribution in [0.3, 0.4) is 0 Å². The van der Waals surface area contributed by atoms with Crippen molar-refractivity contribution >= 4 is 17.4 Å². The molecular formula is C25H26F3N5O. The van der Waals surface area contributed by atoms with Gasteiger partial charge in [0.1, 0.15) is 5.82 Å². The first-order valence-electron chi connectivity index (χ1n) is 11.4. The molecular weight excluding hydrogens is 443 g/mol. The average Bonchev–Trinajstić information content (AvgIpc) is 3.27. The fourth-order valence-corrected chi connectivity index (χ4v) is 4.66. The normalized spacial score (nSPS) is 20.6.